The summed E-state index contributed by atoms with van der Waals surface area (Å²) in [6.07, 6.45) is -5.38. The highest BCUT2D eigenvalue weighted by molar-refractivity contribution is 5.56. The van der Waals surface area contributed by atoms with Crippen LogP contribution in [0.4, 0.5) is 0 Å². The van der Waals surface area contributed by atoms with Gasteiger partial charge in [0, 0.05) is 0 Å². The Morgan fingerprint density at radius 1 is 1.27 bits per heavy atom. The lowest BCUT2D eigenvalue weighted by Crippen LogP contribution is -2.58. The predicted molar refractivity (Wildman–Crippen MR) is 51.0 cm³/mol. The van der Waals surface area contributed by atoms with Crippen molar-refractivity contribution >= 4 is 6.29 Å². The number of carbonyl (C=O) groups excluding carboxylic acids is 1. The zero-order chi connectivity index (χ0) is 12.2. The van der Waals surface area contributed by atoms with Gasteiger partial charge in [-0.05, 0) is 5.92 Å². The number of hydrogen-bond acceptors (Lipinski definition) is 6. The van der Waals surface area contributed by atoms with Gasteiger partial charge < -0.3 is 30.3 Å². The van der Waals surface area contributed by atoms with Crippen LogP contribution in [0.15, 0.2) is 0 Å². The molecule has 0 spiro atoms. The molecule has 6 heteroatoms. The SMILES string of the molecule is CC(C)[C@@](O)(CO)[C@@H](O)[C@H](O)[C@@H](O)C=O. The normalized spacial score (nSPS) is 21.9. The standard InChI is InChI=1S/C9H18O6/c1-5(2)9(15,4-11)8(14)7(13)6(12)3-10/h3,5-8,11-15H,4H2,1-2H3/t6-,7+,8-,9-/m0/s1. The molecule has 0 unspecified atom stereocenters. The van der Waals surface area contributed by atoms with Crippen LogP contribution in [-0.2, 0) is 4.79 Å². The van der Waals surface area contributed by atoms with E-state index >= 15 is 0 Å². The smallest absolute Gasteiger partial charge is 0.151 e. The molecule has 0 rings (SSSR count). The van der Waals surface area contributed by atoms with Gasteiger partial charge in [0.15, 0.2) is 6.29 Å². The molecule has 6 nitrogen and oxygen atoms in total. The molecule has 15 heavy (non-hydrogen) atoms. The summed E-state index contributed by atoms with van der Waals surface area (Å²) in [4.78, 5) is 10.2. The summed E-state index contributed by atoms with van der Waals surface area (Å²) in [5.41, 5.74) is -1.95. The maximum Gasteiger partial charge on any atom is 0.151 e. The van der Waals surface area contributed by atoms with Gasteiger partial charge in [0.2, 0.25) is 0 Å². The van der Waals surface area contributed by atoms with Crippen molar-refractivity contribution in [2.45, 2.75) is 37.8 Å². The van der Waals surface area contributed by atoms with Crippen molar-refractivity contribution in [3.63, 3.8) is 0 Å². The lowest BCUT2D eigenvalue weighted by Gasteiger charge is -2.37. The van der Waals surface area contributed by atoms with Gasteiger partial charge in [0.25, 0.3) is 0 Å². The molecule has 0 aliphatic carbocycles. The lowest BCUT2D eigenvalue weighted by atomic mass is 9.82. The van der Waals surface area contributed by atoms with Crippen LogP contribution >= 0.6 is 0 Å². The summed E-state index contributed by atoms with van der Waals surface area (Å²) >= 11 is 0. The van der Waals surface area contributed by atoms with Crippen molar-refractivity contribution in [1.29, 1.82) is 0 Å². The summed E-state index contributed by atoms with van der Waals surface area (Å²) in [6.45, 7) is 2.27. The number of aliphatic hydroxyl groups is 5. The summed E-state index contributed by atoms with van der Waals surface area (Å²) in [5.74, 6) is -0.550. The van der Waals surface area contributed by atoms with E-state index in [2.05, 4.69) is 0 Å². The molecule has 4 atom stereocenters. The van der Waals surface area contributed by atoms with Crippen molar-refractivity contribution in [2.24, 2.45) is 5.92 Å². The van der Waals surface area contributed by atoms with Gasteiger partial charge >= 0.3 is 0 Å². The van der Waals surface area contributed by atoms with Crippen molar-refractivity contribution in [2.75, 3.05) is 6.61 Å². The lowest BCUT2D eigenvalue weighted by molar-refractivity contribution is -0.184. The number of carbonyl (C=O) groups is 1. The summed E-state index contributed by atoms with van der Waals surface area (Å²) in [6, 6.07) is 0. The zero-order valence-electron chi connectivity index (χ0n) is 8.74. The van der Waals surface area contributed by atoms with Crippen LogP contribution in [0.3, 0.4) is 0 Å². The molecule has 0 fully saturated rings. The van der Waals surface area contributed by atoms with E-state index in [1.54, 1.807) is 0 Å². The first-order valence-corrected chi connectivity index (χ1v) is 4.64. The van der Waals surface area contributed by atoms with Gasteiger partial charge in [0.05, 0.1) is 6.61 Å². The Morgan fingerprint density at radius 2 is 1.73 bits per heavy atom. The second-order valence-corrected chi connectivity index (χ2v) is 3.87. The van der Waals surface area contributed by atoms with Crippen LogP contribution in [0.2, 0.25) is 0 Å². The highest BCUT2D eigenvalue weighted by Gasteiger charge is 2.44. The average Bonchev–Trinajstić information content (AvgIpc) is 2.24. The minimum absolute atomic E-state index is 0.0476. The highest BCUT2D eigenvalue weighted by Crippen LogP contribution is 2.23. The van der Waals surface area contributed by atoms with Crippen molar-refractivity contribution in [3.8, 4) is 0 Å². The first-order valence-electron chi connectivity index (χ1n) is 4.64. The van der Waals surface area contributed by atoms with Crippen LogP contribution < -0.4 is 0 Å². The number of rotatable bonds is 6. The Kier molecular flexibility index (Phi) is 5.33. The predicted octanol–water partition coefficient (Wildman–Crippen LogP) is -2.35. The topological polar surface area (TPSA) is 118 Å². The van der Waals surface area contributed by atoms with Crippen molar-refractivity contribution in [3.05, 3.63) is 0 Å². The maximum atomic E-state index is 10.2. The van der Waals surface area contributed by atoms with Crippen LogP contribution in [0.25, 0.3) is 0 Å². The van der Waals surface area contributed by atoms with Gasteiger partial charge in [-0.3, -0.25) is 0 Å². The number of hydrogen-bond donors (Lipinski definition) is 5. The molecule has 0 saturated heterocycles. The molecule has 0 aliphatic heterocycles. The van der Waals surface area contributed by atoms with Crippen LogP contribution in [0, 0.1) is 5.92 Å². The number of aldehydes is 1. The minimum Gasteiger partial charge on any atom is -0.393 e. The molecular formula is C9H18O6. The molecule has 0 radical (unpaired) electrons. The summed E-state index contributed by atoms with van der Waals surface area (Å²) < 4.78 is 0. The fraction of sp³-hybridized carbons (Fsp3) is 0.889. The van der Waals surface area contributed by atoms with E-state index in [1.807, 2.05) is 0 Å². The third-order valence-corrected chi connectivity index (χ3v) is 2.58. The van der Waals surface area contributed by atoms with Crippen LogP contribution in [0.5, 0.6) is 0 Å². The quantitative estimate of drug-likeness (QED) is 0.321. The maximum absolute atomic E-state index is 10.2. The third kappa shape index (κ3) is 2.96. The van der Waals surface area contributed by atoms with E-state index in [-0.39, 0.29) is 6.29 Å². The molecule has 0 aromatic rings. The van der Waals surface area contributed by atoms with Crippen molar-refractivity contribution < 1.29 is 30.3 Å². The molecule has 90 valence electrons. The molecule has 0 amide bonds. The van der Waals surface area contributed by atoms with E-state index in [9.17, 15) is 20.1 Å². The fourth-order valence-electron chi connectivity index (χ4n) is 1.18. The first-order chi connectivity index (χ1) is 6.81. The Balaban J connectivity index is 4.79. The van der Waals surface area contributed by atoms with Gasteiger partial charge in [-0.1, -0.05) is 13.8 Å². The number of aliphatic hydroxyl groups excluding tert-OH is 4. The fourth-order valence-corrected chi connectivity index (χ4v) is 1.18. The van der Waals surface area contributed by atoms with E-state index < -0.39 is 36.4 Å². The first kappa shape index (κ1) is 14.5. The Hall–Kier alpha value is -0.530. The second kappa shape index (κ2) is 5.53. The molecule has 0 aromatic carbocycles. The summed E-state index contributed by atoms with van der Waals surface area (Å²) in [7, 11) is 0. The molecule has 0 aromatic heterocycles. The van der Waals surface area contributed by atoms with Crippen LogP contribution in [-0.4, -0.2) is 62.3 Å². The van der Waals surface area contributed by atoms with Crippen LogP contribution in [0.1, 0.15) is 13.8 Å². The molecule has 5 N–H and O–H groups in total. The summed E-state index contributed by atoms with van der Waals surface area (Å²) in [5, 5.41) is 46.5. The van der Waals surface area contributed by atoms with Gasteiger partial charge in [-0.25, -0.2) is 0 Å². The van der Waals surface area contributed by atoms with E-state index in [0.29, 0.717) is 0 Å². The van der Waals surface area contributed by atoms with Gasteiger partial charge in [-0.2, -0.15) is 0 Å². The van der Waals surface area contributed by atoms with Gasteiger partial charge in [0.1, 0.15) is 23.9 Å². The van der Waals surface area contributed by atoms with E-state index in [1.165, 1.54) is 13.8 Å². The largest absolute Gasteiger partial charge is 0.393 e. The Labute approximate surface area is 87.8 Å². The Morgan fingerprint density at radius 3 is 2.00 bits per heavy atom. The average molecular weight is 222 g/mol. The second-order valence-electron chi connectivity index (χ2n) is 3.87. The van der Waals surface area contributed by atoms with E-state index in [4.69, 9.17) is 10.2 Å². The monoisotopic (exact) mass is 222 g/mol. The molecule has 0 aliphatic rings. The van der Waals surface area contributed by atoms with E-state index in [0.717, 1.165) is 0 Å². The molecule has 0 bridgehead atoms. The minimum atomic E-state index is -1.95. The molecule has 0 saturated carbocycles. The third-order valence-electron chi connectivity index (χ3n) is 2.58. The molecule has 0 heterocycles. The Bertz CT molecular complexity index is 207. The highest BCUT2D eigenvalue weighted by atomic mass is 16.4. The van der Waals surface area contributed by atoms with Crippen molar-refractivity contribution in [1.82, 2.24) is 0 Å². The van der Waals surface area contributed by atoms with Gasteiger partial charge in [-0.15, -0.1) is 0 Å². The zero-order valence-corrected chi connectivity index (χ0v) is 8.74. The molecular weight excluding hydrogens is 204 g/mol.